The maximum absolute atomic E-state index is 11.8. The molecular formula is C14H19ClN2O3. The second-order valence-corrected chi connectivity index (χ2v) is 4.66. The lowest BCUT2D eigenvalue weighted by molar-refractivity contribution is 0.0893. The summed E-state index contributed by atoms with van der Waals surface area (Å²) in [6.07, 6.45) is 3.00. The Bertz CT molecular complexity index is 456. The zero-order valence-electron chi connectivity index (χ0n) is 11.2. The highest BCUT2D eigenvalue weighted by Crippen LogP contribution is 2.11. The smallest absolute Gasteiger partial charge is 0.410 e. The number of ether oxygens (including phenoxy) is 1. The summed E-state index contributed by atoms with van der Waals surface area (Å²) < 4.78 is 5.24. The van der Waals surface area contributed by atoms with E-state index in [1.54, 1.807) is 29.2 Å². The highest BCUT2D eigenvalue weighted by Gasteiger charge is 2.17. The van der Waals surface area contributed by atoms with Gasteiger partial charge in [-0.25, -0.2) is 4.79 Å². The van der Waals surface area contributed by atoms with E-state index in [9.17, 15) is 9.59 Å². The van der Waals surface area contributed by atoms with Crippen LogP contribution in [0, 0.1) is 0 Å². The molecule has 5 nitrogen and oxygen atoms in total. The van der Waals surface area contributed by atoms with Crippen LogP contribution >= 0.6 is 12.4 Å². The van der Waals surface area contributed by atoms with Crippen molar-refractivity contribution in [3.63, 3.8) is 0 Å². The summed E-state index contributed by atoms with van der Waals surface area (Å²) in [6, 6.07) is 6.74. The molecular weight excluding hydrogens is 280 g/mol. The first-order valence-electron chi connectivity index (χ1n) is 6.47. The van der Waals surface area contributed by atoms with Gasteiger partial charge in [-0.1, -0.05) is 12.1 Å². The number of amides is 2. The fraction of sp³-hybridized carbons (Fsp3) is 0.429. The number of benzene rings is 1. The number of hydrogen-bond donors (Lipinski definition) is 1. The van der Waals surface area contributed by atoms with E-state index in [0.717, 1.165) is 31.5 Å². The fourth-order valence-corrected chi connectivity index (χ4v) is 2.08. The van der Waals surface area contributed by atoms with E-state index < -0.39 is 5.91 Å². The van der Waals surface area contributed by atoms with Crippen molar-refractivity contribution in [3.05, 3.63) is 35.4 Å². The van der Waals surface area contributed by atoms with Crippen LogP contribution in [0.25, 0.3) is 0 Å². The Balaban J connectivity index is 0.00000200. The van der Waals surface area contributed by atoms with Gasteiger partial charge in [0.15, 0.2) is 0 Å². The summed E-state index contributed by atoms with van der Waals surface area (Å²) in [4.78, 5) is 24.4. The first kappa shape index (κ1) is 16.3. The summed E-state index contributed by atoms with van der Waals surface area (Å²) in [7, 11) is 0. The van der Waals surface area contributed by atoms with Crippen molar-refractivity contribution in [3.8, 4) is 0 Å². The molecule has 1 heterocycles. The molecule has 0 aliphatic carbocycles. The van der Waals surface area contributed by atoms with Gasteiger partial charge in [-0.15, -0.1) is 12.4 Å². The molecule has 1 fully saturated rings. The van der Waals surface area contributed by atoms with Crippen LogP contribution in [0.15, 0.2) is 24.3 Å². The van der Waals surface area contributed by atoms with Crippen LogP contribution in [0.5, 0.6) is 0 Å². The molecule has 2 N–H and O–H groups in total. The number of likely N-dealkylation sites (tertiary alicyclic amines) is 1. The lowest BCUT2D eigenvalue weighted by Crippen LogP contribution is -2.35. The SMILES string of the molecule is Cl.NC(=O)c1ccc(COC(=O)N2CCCCC2)cc1. The van der Waals surface area contributed by atoms with Gasteiger partial charge >= 0.3 is 6.09 Å². The first-order valence-corrected chi connectivity index (χ1v) is 6.47. The second-order valence-electron chi connectivity index (χ2n) is 4.66. The molecule has 1 aliphatic heterocycles. The molecule has 0 unspecified atom stereocenters. The van der Waals surface area contributed by atoms with Crippen molar-refractivity contribution in [1.82, 2.24) is 4.90 Å². The Kier molecular flexibility index (Phi) is 6.31. The molecule has 6 heteroatoms. The van der Waals surface area contributed by atoms with E-state index in [2.05, 4.69) is 0 Å². The van der Waals surface area contributed by atoms with Gasteiger partial charge in [0.1, 0.15) is 6.61 Å². The molecule has 0 atom stereocenters. The highest BCUT2D eigenvalue weighted by atomic mass is 35.5. The third-order valence-corrected chi connectivity index (χ3v) is 3.22. The van der Waals surface area contributed by atoms with E-state index in [1.165, 1.54) is 6.42 Å². The number of nitrogens with two attached hydrogens (primary N) is 1. The average Bonchev–Trinajstić information content (AvgIpc) is 2.46. The van der Waals surface area contributed by atoms with Crippen molar-refractivity contribution in [1.29, 1.82) is 0 Å². The number of carbonyl (C=O) groups excluding carboxylic acids is 2. The van der Waals surface area contributed by atoms with Gasteiger partial charge in [0.25, 0.3) is 0 Å². The van der Waals surface area contributed by atoms with Gasteiger partial charge in [0.05, 0.1) is 0 Å². The molecule has 2 amide bonds. The standard InChI is InChI=1S/C14H18N2O3.ClH/c15-13(17)12-6-4-11(5-7-12)10-19-14(18)16-8-2-1-3-9-16;/h4-7H,1-3,8-10H2,(H2,15,17);1H. The predicted molar refractivity (Wildman–Crippen MR) is 77.8 cm³/mol. The van der Waals surface area contributed by atoms with Crippen molar-refractivity contribution in [2.45, 2.75) is 25.9 Å². The molecule has 0 radical (unpaired) electrons. The van der Waals surface area contributed by atoms with Gasteiger partial charge < -0.3 is 15.4 Å². The van der Waals surface area contributed by atoms with Gasteiger partial charge in [-0.05, 0) is 37.0 Å². The quantitative estimate of drug-likeness (QED) is 0.931. The number of halogens is 1. The fourth-order valence-electron chi connectivity index (χ4n) is 2.08. The lowest BCUT2D eigenvalue weighted by atomic mass is 10.1. The number of primary amides is 1. The van der Waals surface area contributed by atoms with Gasteiger partial charge in [0.2, 0.25) is 5.91 Å². The van der Waals surface area contributed by atoms with Crippen LogP contribution in [0.4, 0.5) is 4.79 Å². The zero-order valence-corrected chi connectivity index (χ0v) is 12.0. The summed E-state index contributed by atoms with van der Waals surface area (Å²) in [5, 5.41) is 0. The Hall–Kier alpha value is -1.75. The van der Waals surface area contributed by atoms with Gasteiger partial charge in [0, 0.05) is 18.7 Å². The van der Waals surface area contributed by atoms with Crippen LogP contribution < -0.4 is 5.73 Å². The molecule has 0 aromatic heterocycles. The van der Waals surface area contributed by atoms with Crippen LogP contribution in [-0.2, 0) is 11.3 Å². The van der Waals surface area contributed by atoms with Crippen molar-refractivity contribution in [2.75, 3.05) is 13.1 Å². The maximum atomic E-state index is 11.8. The number of hydrogen-bond acceptors (Lipinski definition) is 3. The molecule has 0 spiro atoms. The average molecular weight is 299 g/mol. The molecule has 1 aromatic rings. The highest BCUT2D eigenvalue weighted by molar-refractivity contribution is 5.92. The maximum Gasteiger partial charge on any atom is 0.410 e. The Labute approximate surface area is 124 Å². The van der Waals surface area contributed by atoms with Crippen molar-refractivity contribution in [2.24, 2.45) is 5.73 Å². The molecule has 110 valence electrons. The molecule has 1 aromatic carbocycles. The van der Waals surface area contributed by atoms with Gasteiger partial charge in [-0.3, -0.25) is 4.79 Å². The summed E-state index contributed by atoms with van der Waals surface area (Å²) in [5.74, 6) is -0.461. The van der Waals surface area contributed by atoms with Crippen molar-refractivity contribution < 1.29 is 14.3 Å². The molecule has 1 saturated heterocycles. The number of rotatable bonds is 3. The monoisotopic (exact) mass is 298 g/mol. The van der Waals surface area contributed by atoms with Gasteiger partial charge in [-0.2, -0.15) is 0 Å². The number of nitrogens with zero attached hydrogens (tertiary/aromatic N) is 1. The van der Waals surface area contributed by atoms with Crippen LogP contribution in [0.1, 0.15) is 35.2 Å². The third kappa shape index (κ3) is 4.42. The largest absolute Gasteiger partial charge is 0.445 e. The minimum absolute atomic E-state index is 0. The summed E-state index contributed by atoms with van der Waals surface area (Å²) >= 11 is 0. The lowest BCUT2D eigenvalue weighted by Gasteiger charge is -2.25. The van der Waals surface area contributed by atoms with Crippen LogP contribution in [0.3, 0.4) is 0 Å². The van der Waals surface area contributed by atoms with E-state index in [-0.39, 0.29) is 25.1 Å². The second kappa shape index (κ2) is 7.75. The Morgan fingerprint density at radius 3 is 2.25 bits per heavy atom. The van der Waals surface area contributed by atoms with E-state index in [0.29, 0.717) is 5.56 Å². The summed E-state index contributed by atoms with van der Waals surface area (Å²) in [5.41, 5.74) is 6.45. The topological polar surface area (TPSA) is 72.6 Å². The molecule has 1 aliphatic rings. The zero-order chi connectivity index (χ0) is 13.7. The van der Waals surface area contributed by atoms with E-state index in [4.69, 9.17) is 10.5 Å². The van der Waals surface area contributed by atoms with Crippen molar-refractivity contribution >= 4 is 24.4 Å². The van der Waals surface area contributed by atoms with Crippen LogP contribution in [-0.4, -0.2) is 30.0 Å². The Morgan fingerprint density at radius 2 is 1.70 bits per heavy atom. The van der Waals surface area contributed by atoms with Crippen LogP contribution in [0.2, 0.25) is 0 Å². The minimum Gasteiger partial charge on any atom is -0.445 e. The summed E-state index contributed by atoms with van der Waals surface area (Å²) in [6.45, 7) is 1.77. The predicted octanol–water partition coefficient (Wildman–Crippen LogP) is 2.33. The molecule has 0 saturated carbocycles. The normalized spacial score (nSPS) is 14.3. The first-order chi connectivity index (χ1) is 9.16. The van der Waals surface area contributed by atoms with E-state index >= 15 is 0 Å². The molecule has 0 bridgehead atoms. The number of carbonyl (C=O) groups is 2. The molecule has 2 rings (SSSR count). The Morgan fingerprint density at radius 1 is 1.10 bits per heavy atom. The van der Waals surface area contributed by atoms with E-state index in [1.807, 2.05) is 0 Å². The molecule has 20 heavy (non-hydrogen) atoms. The minimum atomic E-state index is -0.461. The number of piperidine rings is 1. The third-order valence-electron chi connectivity index (χ3n) is 3.22.